The van der Waals surface area contributed by atoms with Gasteiger partial charge in [0.1, 0.15) is 5.82 Å². The van der Waals surface area contributed by atoms with E-state index in [-0.39, 0.29) is 23.4 Å². The fourth-order valence-electron chi connectivity index (χ4n) is 3.34. The van der Waals surface area contributed by atoms with E-state index in [0.29, 0.717) is 44.5 Å². The van der Waals surface area contributed by atoms with Gasteiger partial charge in [-0.15, -0.1) is 0 Å². The van der Waals surface area contributed by atoms with Crippen LogP contribution in [0.15, 0.2) is 48.5 Å². The Morgan fingerprint density at radius 3 is 2.44 bits per heavy atom. The Labute approximate surface area is 158 Å². The van der Waals surface area contributed by atoms with Gasteiger partial charge in [-0.05, 0) is 43.0 Å². The molecule has 3 rings (SSSR count). The van der Waals surface area contributed by atoms with Gasteiger partial charge in [0.05, 0.1) is 5.56 Å². The van der Waals surface area contributed by atoms with E-state index in [1.54, 1.807) is 17.0 Å². The molecule has 27 heavy (non-hydrogen) atoms. The van der Waals surface area contributed by atoms with Crippen LogP contribution in [0.2, 0.25) is 0 Å². The van der Waals surface area contributed by atoms with Gasteiger partial charge in [0.15, 0.2) is 0 Å². The second-order valence-corrected chi connectivity index (χ2v) is 6.81. The van der Waals surface area contributed by atoms with Crippen molar-refractivity contribution in [1.82, 2.24) is 10.2 Å². The van der Waals surface area contributed by atoms with Gasteiger partial charge >= 0.3 is 0 Å². The first-order valence-corrected chi connectivity index (χ1v) is 9.21. The molecule has 0 unspecified atom stereocenters. The first kappa shape index (κ1) is 18.9. The third-order valence-electron chi connectivity index (χ3n) is 4.93. The number of hydrogen-bond acceptors (Lipinski definition) is 3. The number of aryl methyl sites for hydroxylation is 1. The second kappa shape index (κ2) is 8.66. The third kappa shape index (κ3) is 4.84. The molecule has 2 aromatic carbocycles. The molecule has 1 heterocycles. The predicted molar refractivity (Wildman–Crippen MR) is 103 cm³/mol. The summed E-state index contributed by atoms with van der Waals surface area (Å²) < 4.78 is 13.8. The van der Waals surface area contributed by atoms with Crippen LogP contribution in [-0.2, 0) is 11.2 Å². The molecule has 2 amide bonds. The summed E-state index contributed by atoms with van der Waals surface area (Å²) in [6.07, 6.45) is 2.31. The number of likely N-dealkylation sites (tertiary alicyclic amines) is 1. The molecule has 142 valence electrons. The van der Waals surface area contributed by atoms with Gasteiger partial charge in [-0.1, -0.05) is 30.3 Å². The number of anilines is 1. The van der Waals surface area contributed by atoms with E-state index in [9.17, 15) is 14.0 Å². The maximum absolute atomic E-state index is 13.8. The van der Waals surface area contributed by atoms with Gasteiger partial charge in [-0.2, -0.15) is 0 Å². The number of rotatable bonds is 5. The number of nitrogen functional groups attached to an aromatic ring is 1. The molecule has 0 aliphatic carbocycles. The van der Waals surface area contributed by atoms with E-state index in [1.165, 1.54) is 12.1 Å². The molecule has 1 saturated heterocycles. The number of hydrogen-bond donors (Lipinski definition) is 2. The van der Waals surface area contributed by atoms with Gasteiger partial charge in [0.25, 0.3) is 5.91 Å². The molecular formula is C21H24FN3O2. The largest absolute Gasteiger partial charge is 0.399 e. The summed E-state index contributed by atoms with van der Waals surface area (Å²) in [5, 5.41) is 3.03. The number of carbonyl (C=O) groups excluding carboxylic acids is 2. The van der Waals surface area contributed by atoms with E-state index in [1.807, 2.05) is 24.3 Å². The highest BCUT2D eigenvalue weighted by molar-refractivity contribution is 5.94. The number of nitrogens with zero attached hydrogens (tertiary/aromatic N) is 1. The lowest BCUT2D eigenvalue weighted by molar-refractivity contribution is -0.122. The number of amides is 2. The van der Waals surface area contributed by atoms with E-state index in [0.717, 1.165) is 5.56 Å². The van der Waals surface area contributed by atoms with Crippen molar-refractivity contribution in [2.24, 2.45) is 0 Å². The van der Waals surface area contributed by atoms with Crippen molar-refractivity contribution in [2.75, 3.05) is 18.8 Å². The summed E-state index contributed by atoms with van der Waals surface area (Å²) >= 11 is 0. The summed E-state index contributed by atoms with van der Waals surface area (Å²) in [4.78, 5) is 26.3. The Morgan fingerprint density at radius 1 is 1.07 bits per heavy atom. The van der Waals surface area contributed by atoms with Crippen LogP contribution >= 0.6 is 0 Å². The minimum absolute atomic E-state index is 0.0165. The monoisotopic (exact) mass is 369 g/mol. The van der Waals surface area contributed by atoms with E-state index in [2.05, 4.69) is 5.32 Å². The van der Waals surface area contributed by atoms with Crippen LogP contribution in [0.4, 0.5) is 10.1 Å². The van der Waals surface area contributed by atoms with Gasteiger partial charge < -0.3 is 16.0 Å². The van der Waals surface area contributed by atoms with Crippen molar-refractivity contribution in [3.05, 3.63) is 65.5 Å². The molecule has 0 saturated carbocycles. The molecule has 0 spiro atoms. The van der Waals surface area contributed by atoms with Crippen molar-refractivity contribution >= 4 is 17.5 Å². The van der Waals surface area contributed by atoms with Crippen LogP contribution in [0.25, 0.3) is 0 Å². The van der Waals surface area contributed by atoms with Crippen LogP contribution in [0.5, 0.6) is 0 Å². The number of nitrogens with one attached hydrogen (secondary N) is 1. The lowest BCUT2D eigenvalue weighted by Crippen LogP contribution is -2.46. The Morgan fingerprint density at radius 2 is 1.74 bits per heavy atom. The predicted octanol–water partition coefficient (Wildman–Crippen LogP) is 2.76. The molecular weight excluding hydrogens is 345 g/mol. The highest BCUT2D eigenvalue weighted by atomic mass is 19.1. The van der Waals surface area contributed by atoms with Crippen LogP contribution in [0.3, 0.4) is 0 Å². The lowest BCUT2D eigenvalue weighted by Gasteiger charge is -2.32. The Kier molecular flexibility index (Phi) is 6.06. The molecule has 2 aromatic rings. The normalized spacial score (nSPS) is 14.8. The zero-order valence-corrected chi connectivity index (χ0v) is 15.2. The fourth-order valence-corrected chi connectivity index (χ4v) is 3.34. The smallest absolute Gasteiger partial charge is 0.256 e. The van der Waals surface area contributed by atoms with Crippen molar-refractivity contribution in [2.45, 2.75) is 31.7 Å². The average molecular weight is 369 g/mol. The van der Waals surface area contributed by atoms with Gasteiger partial charge in [-0.3, -0.25) is 9.59 Å². The molecule has 0 bridgehead atoms. The molecule has 0 radical (unpaired) electrons. The van der Waals surface area contributed by atoms with Crippen LogP contribution in [0, 0.1) is 5.82 Å². The van der Waals surface area contributed by atoms with E-state index >= 15 is 0 Å². The SMILES string of the molecule is Nc1ccccc1CCC(=O)NC1CCN(C(=O)c2ccccc2F)CC1. The van der Waals surface area contributed by atoms with E-state index < -0.39 is 5.82 Å². The lowest BCUT2D eigenvalue weighted by atomic mass is 10.0. The van der Waals surface area contributed by atoms with Crippen molar-refractivity contribution in [3.63, 3.8) is 0 Å². The summed E-state index contributed by atoms with van der Waals surface area (Å²) in [6.45, 7) is 1.01. The highest BCUT2D eigenvalue weighted by Gasteiger charge is 2.25. The van der Waals surface area contributed by atoms with Crippen molar-refractivity contribution in [1.29, 1.82) is 0 Å². The summed E-state index contributed by atoms with van der Waals surface area (Å²) in [6, 6.07) is 13.6. The van der Waals surface area contributed by atoms with Crippen LogP contribution < -0.4 is 11.1 Å². The maximum atomic E-state index is 13.8. The van der Waals surface area contributed by atoms with Gasteiger partial charge in [-0.25, -0.2) is 4.39 Å². The first-order valence-electron chi connectivity index (χ1n) is 9.21. The molecule has 3 N–H and O–H groups in total. The highest BCUT2D eigenvalue weighted by Crippen LogP contribution is 2.17. The Bertz CT molecular complexity index is 817. The minimum Gasteiger partial charge on any atom is -0.399 e. The number of benzene rings is 2. The molecule has 1 aliphatic heterocycles. The van der Waals surface area contributed by atoms with E-state index in [4.69, 9.17) is 5.73 Å². The first-order chi connectivity index (χ1) is 13.0. The number of carbonyl (C=O) groups is 2. The number of nitrogens with two attached hydrogens (primary N) is 1. The maximum Gasteiger partial charge on any atom is 0.256 e. The van der Waals surface area contributed by atoms with Gasteiger partial charge in [0.2, 0.25) is 5.91 Å². The molecule has 0 aromatic heterocycles. The fraction of sp³-hybridized carbons (Fsp3) is 0.333. The van der Waals surface area contributed by atoms with Crippen LogP contribution in [-0.4, -0.2) is 35.8 Å². The van der Waals surface area contributed by atoms with Gasteiger partial charge in [0, 0.05) is 31.2 Å². The summed E-state index contributed by atoms with van der Waals surface area (Å²) in [5.41, 5.74) is 7.66. The number of para-hydroxylation sites is 1. The molecule has 5 nitrogen and oxygen atoms in total. The number of piperidine rings is 1. The topological polar surface area (TPSA) is 75.4 Å². The third-order valence-corrected chi connectivity index (χ3v) is 4.93. The standard InChI is InChI=1S/C21H24FN3O2/c22-18-7-3-2-6-17(18)21(27)25-13-11-16(12-14-25)24-20(26)10-9-15-5-1-4-8-19(15)23/h1-8,16H,9-14,23H2,(H,24,26). The quantitative estimate of drug-likeness (QED) is 0.796. The average Bonchev–Trinajstić information content (AvgIpc) is 2.68. The zero-order chi connectivity index (χ0) is 19.2. The van der Waals surface area contributed by atoms with Crippen molar-refractivity contribution < 1.29 is 14.0 Å². The van der Waals surface area contributed by atoms with Crippen LogP contribution in [0.1, 0.15) is 35.2 Å². The molecule has 1 aliphatic rings. The summed E-state index contributed by atoms with van der Waals surface area (Å²) in [7, 11) is 0. The molecule has 0 atom stereocenters. The van der Waals surface area contributed by atoms with Crippen molar-refractivity contribution in [3.8, 4) is 0 Å². The summed E-state index contributed by atoms with van der Waals surface area (Å²) in [5.74, 6) is -0.812. The molecule has 6 heteroatoms. The number of halogens is 1. The second-order valence-electron chi connectivity index (χ2n) is 6.81. The Balaban J connectivity index is 1.45. The minimum atomic E-state index is -0.502. The Hall–Kier alpha value is -2.89. The zero-order valence-electron chi connectivity index (χ0n) is 15.2. The molecule has 1 fully saturated rings.